The van der Waals surface area contributed by atoms with Crippen molar-refractivity contribution in [1.82, 2.24) is 0 Å². The maximum Gasteiger partial charge on any atom is 0.0762 e. The van der Waals surface area contributed by atoms with Gasteiger partial charge in [-0.2, -0.15) is 0 Å². The van der Waals surface area contributed by atoms with Crippen LogP contribution in [-0.4, -0.2) is 5.11 Å². The second kappa shape index (κ2) is 4.81. The van der Waals surface area contributed by atoms with E-state index >= 15 is 0 Å². The van der Waals surface area contributed by atoms with E-state index in [2.05, 4.69) is 22.0 Å². The van der Waals surface area contributed by atoms with Gasteiger partial charge in [0.05, 0.1) is 6.10 Å². The van der Waals surface area contributed by atoms with Crippen LogP contribution in [0.1, 0.15) is 18.6 Å². The van der Waals surface area contributed by atoms with Crippen LogP contribution in [0.3, 0.4) is 0 Å². The van der Waals surface area contributed by atoms with Gasteiger partial charge < -0.3 is 5.11 Å². The van der Waals surface area contributed by atoms with Crippen molar-refractivity contribution < 1.29 is 5.11 Å². The van der Waals surface area contributed by atoms with Gasteiger partial charge in [0, 0.05) is 4.47 Å². The SMILES string of the molecule is CC(O)c1cccc(-c2ccccc2Br)c1. The van der Waals surface area contributed by atoms with Crippen LogP contribution in [0.15, 0.2) is 53.0 Å². The summed E-state index contributed by atoms with van der Waals surface area (Å²) in [5.41, 5.74) is 3.20. The molecule has 0 heterocycles. The van der Waals surface area contributed by atoms with E-state index in [1.54, 1.807) is 6.92 Å². The molecule has 0 spiro atoms. The zero-order valence-electron chi connectivity index (χ0n) is 9.02. The van der Waals surface area contributed by atoms with Gasteiger partial charge in [-0.05, 0) is 35.7 Å². The Morgan fingerprint density at radius 2 is 1.81 bits per heavy atom. The van der Waals surface area contributed by atoms with Gasteiger partial charge in [0.2, 0.25) is 0 Å². The number of aliphatic hydroxyl groups is 1. The van der Waals surface area contributed by atoms with Crippen LogP contribution >= 0.6 is 15.9 Å². The molecule has 0 fully saturated rings. The van der Waals surface area contributed by atoms with E-state index in [0.717, 1.165) is 21.2 Å². The molecule has 82 valence electrons. The number of hydrogen-bond donors (Lipinski definition) is 1. The minimum atomic E-state index is -0.428. The number of benzene rings is 2. The molecule has 0 aromatic heterocycles. The van der Waals surface area contributed by atoms with Gasteiger partial charge >= 0.3 is 0 Å². The van der Waals surface area contributed by atoms with Crippen molar-refractivity contribution >= 4 is 15.9 Å². The highest BCUT2D eigenvalue weighted by molar-refractivity contribution is 9.10. The predicted octanol–water partition coefficient (Wildman–Crippen LogP) is 4.17. The number of aliphatic hydroxyl groups excluding tert-OH is 1. The second-order valence-electron chi connectivity index (χ2n) is 3.78. The Balaban J connectivity index is 2.49. The average Bonchev–Trinajstić information content (AvgIpc) is 2.30. The van der Waals surface area contributed by atoms with Gasteiger partial charge in [-0.1, -0.05) is 52.3 Å². The van der Waals surface area contributed by atoms with E-state index < -0.39 is 6.10 Å². The summed E-state index contributed by atoms with van der Waals surface area (Å²) in [6.45, 7) is 1.78. The highest BCUT2D eigenvalue weighted by atomic mass is 79.9. The molecule has 0 aliphatic rings. The molecule has 1 unspecified atom stereocenters. The normalized spacial score (nSPS) is 12.4. The standard InChI is InChI=1S/C14H13BrO/c1-10(16)11-5-4-6-12(9-11)13-7-2-3-8-14(13)15/h2-10,16H,1H3. The maximum atomic E-state index is 9.55. The molecule has 0 saturated heterocycles. The molecule has 0 aliphatic heterocycles. The van der Waals surface area contributed by atoms with E-state index in [1.807, 2.05) is 42.5 Å². The minimum Gasteiger partial charge on any atom is -0.389 e. The van der Waals surface area contributed by atoms with E-state index in [0.29, 0.717) is 0 Å². The first-order valence-corrected chi connectivity index (χ1v) is 6.00. The van der Waals surface area contributed by atoms with Crippen molar-refractivity contribution in [2.24, 2.45) is 0 Å². The number of hydrogen-bond acceptors (Lipinski definition) is 1. The second-order valence-corrected chi connectivity index (χ2v) is 4.64. The van der Waals surface area contributed by atoms with Crippen molar-refractivity contribution in [1.29, 1.82) is 0 Å². The topological polar surface area (TPSA) is 20.2 Å². The summed E-state index contributed by atoms with van der Waals surface area (Å²) >= 11 is 3.53. The summed E-state index contributed by atoms with van der Waals surface area (Å²) in [5, 5.41) is 9.55. The molecule has 0 bridgehead atoms. The van der Waals surface area contributed by atoms with Crippen LogP contribution in [0.25, 0.3) is 11.1 Å². The molecule has 16 heavy (non-hydrogen) atoms. The molecule has 2 aromatic rings. The first-order chi connectivity index (χ1) is 7.68. The Hall–Kier alpha value is -1.12. The van der Waals surface area contributed by atoms with Crippen LogP contribution < -0.4 is 0 Å². The lowest BCUT2D eigenvalue weighted by molar-refractivity contribution is 0.199. The van der Waals surface area contributed by atoms with Gasteiger partial charge in [-0.15, -0.1) is 0 Å². The highest BCUT2D eigenvalue weighted by Crippen LogP contribution is 2.29. The highest BCUT2D eigenvalue weighted by Gasteiger charge is 2.05. The van der Waals surface area contributed by atoms with Crippen LogP contribution in [-0.2, 0) is 0 Å². The van der Waals surface area contributed by atoms with Crippen LogP contribution in [0.5, 0.6) is 0 Å². The lowest BCUT2D eigenvalue weighted by Crippen LogP contribution is -1.91. The molecule has 0 radical (unpaired) electrons. The average molecular weight is 277 g/mol. The van der Waals surface area contributed by atoms with Crippen molar-refractivity contribution in [3.05, 3.63) is 58.6 Å². The lowest BCUT2D eigenvalue weighted by Gasteiger charge is -2.09. The molecule has 0 amide bonds. The van der Waals surface area contributed by atoms with Crippen molar-refractivity contribution in [2.75, 3.05) is 0 Å². The van der Waals surface area contributed by atoms with Gasteiger partial charge in [0.15, 0.2) is 0 Å². The van der Waals surface area contributed by atoms with Gasteiger partial charge in [-0.25, -0.2) is 0 Å². The van der Waals surface area contributed by atoms with Crippen molar-refractivity contribution in [3.8, 4) is 11.1 Å². The molecule has 0 aliphatic carbocycles. The minimum absolute atomic E-state index is 0.428. The Morgan fingerprint density at radius 1 is 1.06 bits per heavy atom. The van der Waals surface area contributed by atoms with Gasteiger partial charge in [0.25, 0.3) is 0 Å². The lowest BCUT2D eigenvalue weighted by atomic mass is 10.0. The molecule has 1 N–H and O–H groups in total. The first kappa shape index (κ1) is 11.4. The maximum absolute atomic E-state index is 9.55. The predicted molar refractivity (Wildman–Crippen MR) is 70.2 cm³/mol. The van der Waals surface area contributed by atoms with Crippen LogP contribution in [0.2, 0.25) is 0 Å². The molecular formula is C14H13BrO. The Kier molecular flexibility index (Phi) is 3.42. The summed E-state index contributed by atoms with van der Waals surface area (Å²) in [7, 11) is 0. The third-order valence-electron chi connectivity index (χ3n) is 2.55. The quantitative estimate of drug-likeness (QED) is 0.873. The van der Waals surface area contributed by atoms with Gasteiger partial charge in [-0.3, -0.25) is 0 Å². The Morgan fingerprint density at radius 3 is 2.50 bits per heavy atom. The molecule has 2 aromatic carbocycles. The number of halogens is 1. The summed E-state index contributed by atoms with van der Waals surface area (Å²) in [5.74, 6) is 0. The van der Waals surface area contributed by atoms with E-state index in [-0.39, 0.29) is 0 Å². The molecule has 1 nitrogen and oxygen atoms in total. The fourth-order valence-electron chi connectivity index (χ4n) is 1.66. The third-order valence-corrected chi connectivity index (χ3v) is 3.25. The fraction of sp³-hybridized carbons (Fsp3) is 0.143. The molecule has 2 rings (SSSR count). The Bertz CT molecular complexity index is 492. The number of rotatable bonds is 2. The van der Waals surface area contributed by atoms with Crippen LogP contribution in [0, 0.1) is 0 Å². The summed E-state index contributed by atoms with van der Waals surface area (Å²) in [6, 6.07) is 16.1. The third kappa shape index (κ3) is 2.34. The molecule has 1 atom stereocenters. The van der Waals surface area contributed by atoms with Crippen molar-refractivity contribution in [3.63, 3.8) is 0 Å². The molecule has 2 heteroatoms. The fourth-order valence-corrected chi connectivity index (χ4v) is 2.18. The smallest absolute Gasteiger partial charge is 0.0762 e. The van der Waals surface area contributed by atoms with E-state index in [9.17, 15) is 5.11 Å². The monoisotopic (exact) mass is 276 g/mol. The zero-order chi connectivity index (χ0) is 11.5. The first-order valence-electron chi connectivity index (χ1n) is 5.21. The molecule has 0 saturated carbocycles. The zero-order valence-corrected chi connectivity index (χ0v) is 10.6. The van der Waals surface area contributed by atoms with E-state index in [1.165, 1.54) is 0 Å². The largest absolute Gasteiger partial charge is 0.389 e. The summed E-state index contributed by atoms with van der Waals surface area (Å²) in [6.07, 6.45) is -0.428. The van der Waals surface area contributed by atoms with E-state index in [4.69, 9.17) is 0 Å². The van der Waals surface area contributed by atoms with Gasteiger partial charge in [0.1, 0.15) is 0 Å². The summed E-state index contributed by atoms with van der Waals surface area (Å²) in [4.78, 5) is 0. The Labute approximate surface area is 104 Å². The van der Waals surface area contributed by atoms with Crippen LogP contribution in [0.4, 0.5) is 0 Å². The van der Waals surface area contributed by atoms with Crippen molar-refractivity contribution in [2.45, 2.75) is 13.0 Å². The summed E-state index contributed by atoms with van der Waals surface area (Å²) < 4.78 is 1.07. The molecular weight excluding hydrogens is 264 g/mol.